The van der Waals surface area contributed by atoms with Gasteiger partial charge in [-0.2, -0.15) is 0 Å². The van der Waals surface area contributed by atoms with Crippen molar-refractivity contribution in [3.8, 4) is 5.75 Å². The van der Waals surface area contributed by atoms with E-state index in [-0.39, 0.29) is 0 Å². The van der Waals surface area contributed by atoms with Gasteiger partial charge in [0.15, 0.2) is 0 Å². The molecule has 0 bridgehead atoms. The van der Waals surface area contributed by atoms with E-state index in [1.807, 2.05) is 36.8 Å². The van der Waals surface area contributed by atoms with Gasteiger partial charge in [-0.05, 0) is 38.5 Å². The van der Waals surface area contributed by atoms with E-state index in [0.717, 1.165) is 17.0 Å². The number of hydrogen-bond acceptors (Lipinski definition) is 3. The van der Waals surface area contributed by atoms with Crippen molar-refractivity contribution in [2.24, 2.45) is 0 Å². The van der Waals surface area contributed by atoms with Crippen LogP contribution in [0.3, 0.4) is 0 Å². The summed E-state index contributed by atoms with van der Waals surface area (Å²) < 4.78 is 7.84. The van der Waals surface area contributed by atoms with Crippen LogP contribution >= 0.6 is 0 Å². The highest BCUT2D eigenvalue weighted by molar-refractivity contribution is 5.29. The molecule has 0 fully saturated rings. The molecule has 0 aliphatic carbocycles. The van der Waals surface area contributed by atoms with E-state index in [0.29, 0.717) is 12.6 Å². The van der Waals surface area contributed by atoms with E-state index < -0.39 is 6.10 Å². The molecule has 0 radical (unpaired) electrons. The first-order valence-corrected chi connectivity index (χ1v) is 6.49. The molecule has 4 heteroatoms. The first kappa shape index (κ1) is 13.6. The van der Waals surface area contributed by atoms with Crippen LogP contribution in [0, 0.1) is 0 Å². The zero-order chi connectivity index (χ0) is 13.8. The summed E-state index contributed by atoms with van der Waals surface area (Å²) in [6, 6.07) is 7.89. The van der Waals surface area contributed by atoms with Gasteiger partial charge in [-0.3, -0.25) is 0 Å². The second kappa shape index (κ2) is 5.89. The van der Waals surface area contributed by atoms with Crippen LogP contribution in [0.5, 0.6) is 5.75 Å². The molecule has 102 valence electrons. The number of aliphatic hydroxyl groups excluding tert-OH is 1. The number of rotatable bonds is 5. The van der Waals surface area contributed by atoms with E-state index in [1.165, 1.54) is 0 Å². The average molecular weight is 260 g/mol. The first-order chi connectivity index (χ1) is 9.08. The van der Waals surface area contributed by atoms with E-state index in [1.54, 1.807) is 6.92 Å². The molecule has 0 aliphatic heterocycles. The van der Waals surface area contributed by atoms with Gasteiger partial charge in [0, 0.05) is 6.04 Å². The highest BCUT2D eigenvalue weighted by Gasteiger charge is 2.07. The Morgan fingerprint density at radius 3 is 2.79 bits per heavy atom. The Bertz CT molecular complexity index is 532. The Labute approximate surface area is 113 Å². The Morgan fingerprint density at radius 2 is 2.11 bits per heavy atom. The zero-order valence-corrected chi connectivity index (χ0v) is 11.6. The normalized spacial score (nSPS) is 12.7. The van der Waals surface area contributed by atoms with Crippen molar-refractivity contribution in [1.29, 1.82) is 0 Å². The van der Waals surface area contributed by atoms with Crippen molar-refractivity contribution in [3.05, 3.63) is 48.0 Å². The third-order valence-corrected chi connectivity index (χ3v) is 3.03. The van der Waals surface area contributed by atoms with E-state index in [4.69, 9.17) is 4.74 Å². The summed E-state index contributed by atoms with van der Waals surface area (Å²) in [6.45, 7) is 6.44. The summed E-state index contributed by atoms with van der Waals surface area (Å²) in [5.41, 5.74) is 1.90. The predicted molar refractivity (Wildman–Crippen MR) is 74.0 cm³/mol. The number of nitrogens with zero attached hydrogens (tertiary/aromatic N) is 2. The Balaban J connectivity index is 2.06. The molecule has 1 heterocycles. The van der Waals surface area contributed by atoms with Gasteiger partial charge in [0.25, 0.3) is 0 Å². The van der Waals surface area contributed by atoms with Crippen LogP contribution in [0.25, 0.3) is 0 Å². The number of benzene rings is 1. The van der Waals surface area contributed by atoms with Crippen LogP contribution in [-0.4, -0.2) is 14.7 Å². The molecule has 0 saturated heterocycles. The van der Waals surface area contributed by atoms with Crippen LogP contribution in [0.15, 0.2) is 36.8 Å². The summed E-state index contributed by atoms with van der Waals surface area (Å²) in [6.07, 6.45) is 3.15. The van der Waals surface area contributed by atoms with Crippen LogP contribution in [0.4, 0.5) is 0 Å². The third kappa shape index (κ3) is 3.35. The van der Waals surface area contributed by atoms with E-state index >= 15 is 0 Å². The molecule has 1 atom stereocenters. The van der Waals surface area contributed by atoms with E-state index in [9.17, 15) is 5.11 Å². The number of aliphatic hydroxyl groups is 1. The van der Waals surface area contributed by atoms with Gasteiger partial charge >= 0.3 is 0 Å². The molecule has 0 saturated carbocycles. The van der Waals surface area contributed by atoms with Crippen LogP contribution in [0.1, 0.15) is 44.2 Å². The van der Waals surface area contributed by atoms with Crippen molar-refractivity contribution in [1.82, 2.24) is 9.55 Å². The highest BCUT2D eigenvalue weighted by Crippen LogP contribution is 2.20. The lowest BCUT2D eigenvalue weighted by Crippen LogP contribution is -2.07. The third-order valence-electron chi connectivity index (χ3n) is 3.03. The van der Waals surface area contributed by atoms with Gasteiger partial charge in [0.1, 0.15) is 12.4 Å². The lowest BCUT2D eigenvalue weighted by molar-refractivity contribution is 0.198. The first-order valence-electron chi connectivity index (χ1n) is 6.49. The van der Waals surface area contributed by atoms with Crippen LogP contribution in [-0.2, 0) is 6.61 Å². The molecule has 1 N–H and O–H groups in total. The van der Waals surface area contributed by atoms with Crippen molar-refractivity contribution >= 4 is 0 Å². The minimum Gasteiger partial charge on any atom is -0.487 e. The molecule has 2 aromatic rings. The lowest BCUT2D eigenvalue weighted by atomic mass is 10.1. The molecule has 4 nitrogen and oxygen atoms in total. The monoisotopic (exact) mass is 260 g/mol. The largest absolute Gasteiger partial charge is 0.487 e. The Hall–Kier alpha value is -1.81. The molecule has 1 aromatic heterocycles. The second-order valence-electron chi connectivity index (χ2n) is 4.92. The second-order valence-corrected chi connectivity index (χ2v) is 4.92. The molecule has 0 spiro atoms. The summed E-state index contributed by atoms with van der Waals surface area (Å²) >= 11 is 0. The summed E-state index contributed by atoms with van der Waals surface area (Å²) in [7, 11) is 0. The molecule has 1 aromatic carbocycles. The Kier molecular flexibility index (Phi) is 4.22. The number of hydrogen-bond donors (Lipinski definition) is 1. The molecular weight excluding hydrogens is 240 g/mol. The van der Waals surface area contributed by atoms with Crippen molar-refractivity contribution in [2.45, 2.75) is 39.5 Å². The van der Waals surface area contributed by atoms with Crippen molar-refractivity contribution in [2.75, 3.05) is 0 Å². The maximum absolute atomic E-state index is 9.55. The summed E-state index contributed by atoms with van der Waals surface area (Å²) in [4.78, 5) is 4.14. The molecule has 0 aliphatic rings. The molecule has 0 amide bonds. The maximum Gasteiger partial charge on any atom is 0.130 e. The van der Waals surface area contributed by atoms with Gasteiger partial charge in [-0.1, -0.05) is 12.1 Å². The minimum atomic E-state index is -0.482. The fourth-order valence-corrected chi connectivity index (χ4v) is 1.93. The predicted octanol–water partition coefficient (Wildman–Crippen LogP) is 3.10. The lowest BCUT2D eigenvalue weighted by Gasteiger charge is -2.13. The zero-order valence-electron chi connectivity index (χ0n) is 11.6. The Morgan fingerprint density at radius 1 is 1.32 bits per heavy atom. The molecular formula is C15H20N2O2. The summed E-state index contributed by atoms with van der Waals surface area (Å²) in [5.74, 6) is 0.759. The van der Waals surface area contributed by atoms with Gasteiger partial charge in [0.2, 0.25) is 0 Å². The fraction of sp³-hybridized carbons (Fsp3) is 0.400. The standard InChI is InChI=1S/C15H20N2O2/c1-11(2)17-10-16-8-14(17)9-19-15-6-4-5-13(7-15)12(3)18/h4-8,10-12,18H,9H2,1-3H3/t12-/m0/s1. The quantitative estimate of drug-likeness (QED) is 0.898. The highest BCUT2D eigenvalue weighted by atomic mass is 16.5. The number of aromatic nitrogens is 2. The number of imidazole rings is 1. The van der Waals surface area contributed by atoms with E-state index in [2.05, 4.69) is 23.4 Å². The van der Waals surface area contributed by atoms with Crippen molar-refractivity contribution in [3.63, 3.8) is 0 Å². The number of ether oxygens (including phenoxy) is 1. The van der Waals surface area contributed by atoms with Crippen LogP contribution < -0.4 is 4.74 Å². The smallest absolute Gasteiger partial charge is 0.130 e. The SMILES string of the molecule is CC(C)n1cncc1COc1cccc([C@H](C)O)c1. The van der Waals surface area contributed by atoms with Crippen LogP contribution in [0.2, 0.25) is 0 Å². The summed E-state index contributed by atoms with van der Waals surface area (Å²) in [5, 5.41) is 9.55. The molecule has 0 unspecified atom stereocenters. The van der Waals surface area contributed by atoms with Gasteiger partial charge in [0.05, 0.1) is 24.3 Å². The topological polar surface area (TPSA) is 47.3 Å². The minimum absolute atomic E-state index is 0.366. The molecule has 19 heavy (non-hydrogen) atoms. The van der Waals surface area contributed by atoms with Gasteiger partial charge in [-0.15, -0.1) is 0 Å². The van der Waals surface area contributed by atoms with Crippen molar-refractivity contribution < 1.29 is 9.84 Å². The van der Waals surface area contributed by atoms with Gasteiger partial charge in [-0.25, -0.2) is 4.98 Å². The molecule has 2 rings (SSSR count). The van der Waals surface area contributed by atoms with Gasteiger partial charge < -0.3 is 14.4 Å². The maximum atomic E-state index is 9.55. The fourth-order valence-electron chi connectivity index (χ4n) is 1.93. The average Bonchev–Trinajstić information content (AvgIpc) is 2.85.